The number of hydrogen-bond acceptors (Lipinski definition) is 5. The van der Waals surface area contributed by atoms with Crippen molar-refractivity contribution in [1.29, 1.82) is 0 Å². The van der Waals surface area contributed by atoms with Crippen LogP contribution in [0.15, 0.2) is 31.0 Å². The lowest BCUT2D eigenvalue weighted by Crippen LogP contribution is -2.17. The summed E-state index contributed by atoms with van der Waals surface area (Å²) < 4.78 is 0. The van der Waals surface area contributed by atoms with Gasteiger partial charge in [-0.1, -0.05) is 34.3 Å². The Morgan fingerprint density at radius 2 is 1.96 bits per heavy atom. The number of hydrogen-bond donors (Lipinski definition) is 2. The minimum absolute atomic E-state index is 0.141. The van der Waals surface area contributed by atoms with E-state index < -0.39 is 0 Å². The highest BCUT2D eigenvalue weighted by Crippen LogP contribution is 2.30. The molecule has 2 rings (SSSR count). The van der Waals surface area contributed by atoms with Crippen LogP contribution in [0.2, 0.25) is 0 Å². The third-order valence-corrected chi connectivity index (χ3v) is 3.98. The van der Waals surface area contributed by atoms with E-state index in [-0.39, 0.29) is 11.2 Å². The van der Waals surface area contributed by atoms with Gasteiger partial charge >= 0.3 is 0 Å². The van der Waals surface area contributed by atoms with Crippen LogP contribution in [0.3, 0.4) is 0 Å². The molecule has 0 amide bonds. The Hall–Kier alpha value is -2.69. The molecule has 0 saturated heterocycles. The molecule has 0 aliphatic carbocycles. The molecule has 2 aromatic rings. The van der Waals surface area contributed by atoms with Crippen molar-refractivity contribution in [2.24, 2.45) is 0 Å². The number of ketones is 1. The quantitative estimate of drug-likeness (QED) is 0.771. The summed E-state index contributed by atoms with van der Waals surface area (Å²) >= 11 is 0. The summed E-state index contributed by atoms with van der Waals surface area (Å²) in [5, 5.41) is 3.16. The topological polar surface area (TPSA) is 80.9 Å². The van der Waals surface area contributed by atoms with Crippen molar-refractivity contribution >= 4 is 28.8 Å². The summed E-state index contributed by atoms with van der Waals surface area (Å²) in [6.45, 7) is 13.9. The fourth-order valence-corrected chi connectivity index (χ4v) is 2.59. The van der Waals surface area contributed by atoms with E-state index in [1.807, 2.05) is 32.0 Å². The van der Waals surface area contributed by atoms with E-state index in [9.17, 15) is 4.79 Å². The molecule has 1 heterocycles. The lowest BCUT2D eigenvalue weighted by atomic mass is 9.82. The second-order valence-electron chi connectivity index (χ2n) is 7.18. The fraction of sp³-hybridized carbons (Fsp3) is 0.350. The lowest BCUT2D eigenvalue weighted by Gasteiger charge is -2.23. The monoisotopic (exact) mass is 338 g/mol. The number of carbonyl (C=O) groups is 1. The number of nitrogens with zero attached hydrogens (tertiary/aromatic N) is 2. The summed E-state index contributed by atoms with van der Waals surface area (Å²) in [5.74, 6) is 0.943. The molecule has 0 fully saturated rings. The van der Waals surface area contributed by atoms with Crippen molar-refractivity contribution in [3.63, 3.8) is 0 Å². The first-order valence-corrected chi connectivity index (χ1v) is 8.36. The van der Waals surface area contributed by atoms with Crippen molar-refractivity contribution in [2.45, 2.75) is 46.5 Å². The van der Waals surface area contributed by atoms with Gasteiger partial charge in [0, 0.05) is 29.4 Å². The second kappa shape index (κ2) is 7.05. The fourth-order valence-electron chi connectivity index (χ4n) is 2.59. The van der Waals surface area contributed by atoms with Gasteiger partial charge < -0.3 is 11.1 Å². The molecule has 0 aliphatic heterocycles. The standard InChI is InChI=1S/C20H26N4O/c1-7-17(25)14-9-8-13(10-16(14)20(4,5)6)23-19-22-11-15(12(2)3)18(21)24-19/h8-11H,2,7H2,1,3-6H3,(H3,21,22,23,24). The molecule has 5 nitrogen and oxygen atoms in total. The molecule has 0 saturated carbocycles. The summed E-state index contributed by atoms with van der Waals surface area (Å²) in [6, 6.07) is 5.71. The molecule has 0 radical (unpaired) electrons. The lowest BCUT2D eigenvalue weighted by molar-refractivity contribution is 0.0986. The van der Waals surface area contributed by atoms with Gasteiger partial charge in [0.25, 0.3) is 0 Å². The molecule has 5 heteroatoms. The van der Waals surface area contributed by atoms with Crippen molar-refractivity contribution < 1.29 is 4.79 Å². The molecule has 1 aromatic carbocycles. The number of allylic oxidation sites excluding steroid dienone is 1. The van der Waals surface area contributed by atoms with Crippen LogP contribution in [0.1, 0.15) is 62.5 Å². The summed E-state index contributed by atoms with van der Waals surface area (Å²) in [5.41, 5.74) is 9.95. The van der Waals surface area contributed by atoms with Crippen LogP contribution < -0.4 is 11.1 Å². The van der Waals surface area contributed by atoms with Gasteiger partial charge in [-0.05, 0) is 41.7 Å². The van der Waals surface area contributed by atoms with Gasteiger partial charge in [-0.3, -0.25) is 4.79 Å². The normalized spacial score (nSPS) is 11.2. The molecule has 1 aromatic heterocycles. The average molecular weight is 338 g/mol. The van der Waals surface area contributed by atoms with E-state index in [1.165, 1.54) is 0 Å². The van der Waals surface area contributed by atoms with Gasteiger partial charge in [0.2, 0.25) is 5.95 Å². The van der Waals surface area contributed by atoms with Crippen molar-refractivity contribution in [1.82, 2.24) is 9.97 Å². The number of anilines is 3. The highest BCUT2D eigenvalue weighted by atomic mass is 16.1. The van der Waals surface area contributed by atoms with Crippen LogP contribution in [0.4, 0.5) is 17.5 Å². The SMILES string of the molecule is C=C(C)c1cnc(Nc2ccc(C(=O)CC)c(C(C)(C)C)c2)nc1N. The number of nitrogens with two attached hydrogens (primary N) is 1. The highest BCUT2D eigenvalue weighted by molar-refractivity contribution is 5.98. The minimum Gasteiger partial charge on any atom is -0.383 e. The Morgan fingerprint density at radius 1 is 1.28 bits per heavy atom. The van der Waals surface area contributed by atoms with Crippen molar-refractivity contribution in [2.75, 3.05) is 11.1 Å². The summed E-state index contributed by atoms with van der Waals surface area (Å²) in [7, 11) is 0. The predicted molar refractivity (Wildman–Crippen MR) is 104 cm³/mol. The molecule has 25 heavy (non-hydrogen) atoms. The Kier molecular flexibility index (Phi) is 5.26. The van der Waals surface area contributed by atoms with Crippen molar-refractivity contribution in [3.8, 4) is 0 Å². The predicted octanol–water partition coefficient (Wildman–Crippen LogP) is 4.73. The number of rotatable bonds is 5. The third-order valence-electron chi connectivity index (χ3n) is 3.98. The molecular formula is C20H26N4O. The maximum absolute atomic E-state index is 12.2. The average Bonchev–Trinajstić information content (AvgIpc) is 2.53. The van der Waals surface area contributed by atoms with Crippen LogP contribution in [-0.4, -0.2) is 15.8 Å². The Morgan fingerprint density at radius 3 is 2.48 bits per heavy atom. The van der Waals surface area contributed by atoms with E-state index in [0.29, 0.717) is 18.2 Å². The number of Topliss-reactive ketones (excluding diaryl/α,β-unsaturated/α-hetero) is 1. The number of nitrogens with one attached hydrogen (secondary N) is 1. The summed E-state index contributed by atoms with van der Waals surface area (Å²) in [6.07, 6.45) is 2.14. The van der Waals surface area contributed by atoms with E-state index in [1.54, 1.807) is 6.20 Å². The second-order valence-corrected chi connectivity index (χ2v) is 7.18. The zero-order chi connectivity index (χ0) is 18.8. The van der Waals surface area contributed by atoms with Crippen molar-refractivity contribution in [3.05, 3.63) is 47.7 Å². The van der Waals surface area contributed by atoms with E-state index in [2.05, 4.69) is 42.6 Å². The van der Waals surface area contributed by atoms with E-state index >= 15 is 0 Å². The van der Waals surface area contributed by atoms with Crippen LogP contribution in [0.25, 0.3) is 5.57 Å². The largest absolute Gasteiger partial charge is 0.383 e. The van der Waals surface area contributed by atoms with Gasteiger partial charge in [0.15, 0.2) is 5.78 Å². The number of aromatic nitrogens is 2. The maximum Gasteiger partial charge on any atom is 0.229 e. The van der Waals surface area contributed by atoms with Crippen LogP contribution >= 0.6 is 0 Å². The number of nitrogen functional groups attached to an aromatic ring is 1. The highest BCUT2D eigenvalue weighted by Gasteiger charge is 2.21. The maximum atomic E-state index is 12.2. The molecule has 0 atom stereocenters. The van der Waals surface area contributed by atoms with Gasteiger partial charge in [0.05, 0.1) is 0 Å². The smallest absolute Gasteiger partial charge is 0.229 e. The zero-order valence-corrected chi connectivity index (χ0v) is 15.6. The van der Waals surface area contributed by atoms with E-state index in [4.69, 9.17) is 5.73 Å². The van der Waals surface area contributed by atoms with Gasteiger partial charge in [-0.2, -0.15) is 4.98 Å². The molecule has 0 bridgehead atoms. The molecule has 0 spiro atoms. The molecule has 132 valence electrons. The molecule has 3 N–H and O–H groups in total. The van der Waals surface area contributed by atoms with Gasteiger partial charge in [0.1, 0.15) is 5.82 Å². The summed E-state index contributed by atoms with van der Waals surface area (Å²) in [4.78, 5) is 20.8. The Balaban J connectivity index is 2.39. The third kappa shape index (κ3) is 4.24. The Bertz CT molecular complexity index is 819. The minimum atomic E-state index is -0.151. The van der Waals surface area contributed by atoms with Crippen LogP contribution in [0, 0.1) is 0 Å². The number of benzene rings is 1. The van der Waals surface area contributed by atoms with Gasteiger partial charge in [-0.25, -0.2) is 4.98 Å². The molecule has 0 aliphatic rings. The first kappa shape index (κ1) is 18.6. The molecular weight excluding hydrogens is 312 g/mol. The Labute approximate surface area is 149 Å². The number of carbonyl (C=O) groups excluding carboxylic acids is 1. The first-order chi connectivity index (χ1) is 11.6. The zero-order valence-electron chi connectivity index (χ0n) is 15.6. The van der Waals surface area contributed by atoms with Crippen LogP contribution in [-0.2, 0) is 5.41 Å². The van der Waals surface area contributed by atoms with E-state index in [0.717, 1.165) is 28.0 Å². The first-order valence-electron chi connectivity index (χ1n) is 8.36. The molecule has 0 unspecified atom stereocenters. The van der Waals surface area contributed by atoms with Gasteiger partial charge in [-0.15, -0.1) is 0 Å². The van der Waals surface area contributed by atoms with Crippen LogP contribution in [0.5, 0.6) is 0 Å².